The van der Waals surface area contributed by atoms with Crippen molar-refractivity contribution in [1.29, 1.82) is 0 Å². The van der Waals surface area contributed by atoms with Crippen LogP contribution in [0.1, 0.15) is 36.1 Å². The number of hydrogen-bond acceptors (Lipinski definition) is 6. The highest BCUT2D eigenvalue weighted by Gasteiger charge is 2.26. The average molecular weight is 449 g/mol. The molecule has 0 bridgehead atoms. The van der Waals surface area contributed by atoms with Gasteiger partial charge in [-0.25, -0.2) is 9.37 Å². The molecule has 33 heavy (non-hydrogen) atoms. The summed E-state index contributed by atoms with van der Waals surface area (Å²) in [6.07, 6.45) is 4.36. The molecule has 2 aliphatic rings. The summed E-state index contributed by atoms with van der Waals surface area (Å²) in [4.78, 5) is 14.4. The molecule has 2 aliphatic heterocycles. The van der Waals surface area contributed by atoms with Crippen LogP contribution < -0.4 is 14.4 Å². The van der Waals surface area contributed by atoms with Gasteiger partial charge in [0.2, 0.25) is 11.8 Å². The minimum absolute atomic E-state index is 0.327. The van der Waals surface area contributed by atoms with E-state index < -0.39 is 0 Å². The molecule has 172 valence electrons. The molecule has 0 radical (unpaired) electrons. The van der Waals surface area contributed by atoms with Gasteiger partial charge in [0.25, 0.3) is 0 Å². The standard InChI is InChI=1S/C26H29FN4O2/c1-32-21-9-5-7-19(15-21)17-30-14-11-24-23(18-30)25(33-22-10-6-8-20(27)16-22)29-26(28-24)31-12-3-2-4-13-31/h5-10,15-16H,2-4,11-14,17-18H2,1H3. The number of benzene rings is 2. The van der Waals surface area contributed by atoms with Gasteiger partial charge >= 0.3 is 0 Å². The molecule has 0 unspecified atom stereocenters. The van der Waals surface area contributed by atoms with Crippen molar-refractivity contribution in [3.63, 3.8) is 0 Å². The first kappa shape index (κ1) is 21.6. The number of rotatable bonds is 6. The average Bonchev–Trinajstić information content (AvgIpc) is 2.85. The molecular formula is C26H29FN4O2. The van der Waals surface area contributed by atoms with Crippen molar-refractivity contribution < 1.29 is 13.9 Å². The van der Waals surface area contributed by atoms with E-state index in [-0.39, 0.29) is 5.82 Å². The Balaban J connectivity index is 1.44. The fourth-order valence-corrected chi connectivity index (χ4v) is 4.55. The quantitative estimate of drug-likeness (QED) is 0.531. The van der Waals surface area contributed by atoms with Crippen LogP contribution in [0.5, 0.6) is 17.4 Å². The molecule has 6 nitrogen and oxygen atoms in total. The molecule has 1 saturated heterocycles. The summed E-state index contributed by atoms with van der Waals surface area (Å²) in [7, 11) is 1.68. The van der Waals surface area contributed by atoms with Crippen molar-refractivity contribution >= 4 is 5.95 Å². The molecule has 0 spiro atoms. The third-order valence-corrected chi connectivity index (χ3v) is 6.28. The predicted octanol–water partition coefficient (Wildman–Crippen LogP) is 4.97. The molecular weight excluding hydrogens is 419 g/mol. The second-order valence-corrected chi connectivity index (χ2v) is 8.67. The van der Waals surface area contributed by atoms with Gasteiger partial charge in [-0.3, -0.25) is 4.90 Å². The lowest BCUT2D eigenvalue weighted by Gasteiger charge is -2.32. The van der Waals surface area contributed by atoms with Crippen LogP contribution in [-0.4, -0.2) is 41.6 Å². The summed E-state index contributed by atoms with van der Waals surface area (Å²) >= 11 is 0. The van der Waals surface area contributed by atoms with E-state index in [4.69, 9.17) is 19.4 Å². The zero-order valence-corrected chi connectivity index (χ0v) is 19.0. The number of aromatic nitrogens is 2. The second kappa shape index (κ2) is 9.75. The van der Waals surface area contributed by atoms with E-state index in [1.54, 1.807) is 19.2 Å². The topological polar surface area (TPSA) is 50.7 Å². The largest absolute Gasteiger partial charge is 0.497 e. The summed E-state index contributed by atoms with van der Waals surface area (Å²) < 4.78 is 25.3. The number of methoxy groups -OCH3 is 1. The van der Waals surface area contributed by atoms with Crippen molar-refractivity contribution in [3.8, 4) is 17.4 Å². The van der Waals surface area contributed by atoms with Crippen molar-refractivity contribution in [3.05, 3.63) is 71.2 Å². The van der Waals surface area contributed by atoms with Crippen LogP contribution >= 0.6 is 0 Å². The van der Waals surface area contributed by atoms with Gasteiger partial charge in [-0.1, -0.05) is 18.2 Å². The molecule has 7 heteroatoms. The van der Waals surface area contributed by atoms with Gasteiger partial charge in [0.15, 0.2) is 0 Å². The van der Waals surface area contributed by atoms with Crippen molar-refractivity contribution in [2.75, 3.05) is 31.6 Å². The Kier molecular flexibility index (Phi) is 6.39. The van der Waals surface area contributed by atoms with Crippen LogP contribution in [0.25, 0.3) is 0 Å². The lowest BCUT2D eigenvalue weighted by atomic mass is 10.1. The minimum atomic E-state index is -0.327. The molecule has 0 N–H and O–H groups in total. The Morgan fingerprint density at radius 2 is 1.76 bits per heavy atom. The smallest absolute Gasteiger partial charge is 0.228 e. The number of nitrogens with zero attached hydrogens (tertiary/aromatic N) is 4. The molecule has 0 atom stereocenters. The molecule has 0 amide bonds. The molecule has 3 aromatic rings. The number of halogens is 1. The summed E-state index contributed by atoms with van der Waals surface area (Å²) in [5.74, 6) is 2.23. The summed E-state index contributed by atoms with van der Waals surface area (Å²) in [6, 6.07) is 14.4. The highest BCUT2D eigenvalue weighted by atomic mass is 19.1. The maximum absolute atomic E-state index is 13.8. The van der Waals surface area contributed by atoms with E-state index in [1.165, 1.54) is 24.1 Å². The Morgan fingerprint density at radius 1 is 0.939 bits per heavy atom. The maximum Gasteiger partial charge on any atom is 0.228 e. The first-order chi connectivity index (χ1) is 16.2. The fourth-order valence-electron chi connectivity index (χ4n) is 4.55. The van der Waals surface area contributed by atoms with Crippen LogP contribution in [0.4, 0.5) is 10.3 Å². The van der Waals surface area contributed by atoms with Gasteiger partial charge < -0.3 is 14.4 Å². The van der Waals surface area contributed by atoms with Gasteiger partial charge in [0, 0.05) is 45.2 Å². The molecule has 5 rings (SSSR count). The number of fused-ring (bicyclic) bond motifs is 1. The van der Waals surface area contributed by atoms with Crippen LogP contribution in [0, 0.1) is 5.82 Å². The maximum atomic E-state index is 13.8. The number of hydrogen-bond donors (Lipinski definition) is 0. The van der Waals surface area contributed by atoms with E-state index in [9.17, 15) is 4.39 Å². The van der Waals surface area contributed by atoms with Gasteiger partial charge in [0.05, 0.1) is 18.4 Å². The van der Waals surface area contributed by atoms with Gasteiger partial charge in [-0.05, 0) is 49.1 Å². The van der Waals surface area contributed by atoms with Gasteiger partial charge in [0.1, 0.15) is 17.3 Å². The van der Waals surface area contributed by atoms with Gasteiger partial charge in [-0.15, -0.1) is 0 Å². The van der Waals surface area contributed by atoms with E-state index >= 15 is 0 Å². The van der Waals surface area contributed by atoms with Crippen LogP contribution in [0.15, 0.2) is 48.5 Å². The highest BCUT2D eigenvalue weighted by molar-refractivity contribution is 5.44. The third kappa shape index (κ3) is 5.09. The lowest BCUT2D eigenvalue weighted by Crippen LogP contribution is -2.34. The summed E-state index contributed by atoms with van der Waals surface area (Å²) in [6.45, 7) is 4.29. The zero-order chi connectivity index (χ0) is 22.6. The van der Waals surface area contributed by atoms with Crippen LogP contribution in [0.3, 0.4) is 0 Å². The Hall–Kier alpha value is -3.19. The Morgan fingerprint density at radius 3 is 2.58 bits per heavy atom. The monoisotopic (exact) mass is 448 g/mol. The fraction of sp³-hybridized carbons (Fsp3) is 0.385. The minimum Gasteiger partial charge on any atom is -0.497 e. The number of piperidine rings is 1. The van der Waals surface area contributed by atoms with Crippen molar-refractivity contribution in [2.24, 2.45) is 0 Å². The van der Waals surface area contributed by atoms with Crippen LogP contribution in [0.2, 0.25) is 0 Å². The number of ether oxygens (including phenoxy) is 2. The van der Waals surface area contributed by atoms with Gasteiger partial charge in [-0.2, -0.15) is 4.98 Å². The molecule has 2 aromatic carbocycles. The molecule has 0 saturated carbocycles. The van der Waals surface area contributed by atoms with E-state index in [1.807, 2.05) is 12.1 Å². The van der Waals surface area contributed by atoms with Crippen molar-refractivity contribution in [2.45, 2.75) is 38.8 Å². The Labute approximate surface area is 194 Å². The predicted molar refractivity (Wildman–Crippen MR) is 125 cm³/mol. The summed E-state index contributed by atoms with van der Waals surface area (Å²) in [5, 5.41) is 0. The lowest BCUT2D eigenvalue weighted by molar-refractivity contribution is 0.238. The summed E-state index contributed by atoms with van der Waals surface area (Å²) in [5.41, 5.74) is 3.20. The van der Waals surface area contributed by atoms with E-state index in [0.717, 1.165) is 68.4 Å². The molecule has 1 fully saturated rings. The zero-order valence-electron chi connectivity index (χ0n) is 19.0. The highest BCUT2D eigenvalue weighted by Crippen LogP contribution is 2.33. The molecule has 0 aliphatic carbocycles. The normalized spacial score (nSPS) is 16.4. The van der Waals surface area contributed by atoms with E-state index in [2.05, 4.69) is 21.9 Å². The first-order valence-electron chi connectivity index (χ1n) is 11.6. The van der Waals surface area contributed by atoms with E-state index in [0.29, 0.717) is 18.2 Å². The SMILES string of the molecule is COc1cccc(CN2CCc3nc(N4CCCCC4)nc(Oc4cccc(F)c4)c3C2)c1. The molecule has 1 aromatic heterocycles. The molecule has 3 heterocycles. The third-order valence-electron chi connectivity index (χ3n) is 6.28. The number of anilines is 1. The van der Waals surface area contributed by atoms with Crippen molar-refractivity contribution in [1.82, 2.24) is 14.9 Å². The first-order valence-corrected chi connectivity index (χ1v) is 11.6. The second-order valence-electron chi connectivity index (χ2n) is 8.67. The van der Waals surface area contributed by atoms with Crippen LogP contribution in [-0.2, 0) is 19.5 Å². The Bertz CT molecular complexity index is 1120.